The first-order valence-electron chi connectivity index (χ1n) is 8.43. The molecule has 0 saturated carbocycles. The minimum atomic E-state index is -0.306. The Kier molecular flexibility index (Phi) is 4.68. The van der Waals surface area contributed by atoms with Gasteiger partial charge in [0.1, 0.15) is 5.71 Å². The van der Waals surface area contributed by atoms with E-state index in [2.05, 4.69) is 10.4 Å². The summed E-state index contributed by atoms with van der Waals surface area (Å²) in [5.41, 5.74) is 1.77. The van der Waals surface area contributed by atoms with Crippen LogP contribution in [-0.2, 0) is 16.1 Å². The zero-order valence-corrected chi connectivity index (χ0v) is 15.0. The van der Waals surface area contributed by atoms with E-state index in [1.165, 1.54) is 5.01 Å². The predicted octanol–water partition coefficient (Wildman–Crippen LogP) is 2.87. The molecule has 0 spiro atoms. The van der Waals surface area contributed by atoms with E-state index in [4.69, 9.17) is 21.1 Å². The van der Waals surface area contributed by atoms with Crippen LogP contribution in [0.4, 0.5) is 5.69 Å². The lowest BCUT2D eigenvalue weighted by Gasteiger charge is -2.23. The zero-order valence-electron chi connectivity index (χ0n) is 14.3. The van der Waals surface area contributed by atoms with Crippen molar-refractivity contribution in [3.05, 3.63) is 53.1 Å². The van der Waals surface area contributed by atoms with E-state index in [9.17, 15) is 9.59 Å². The first-order chi connectivity index (χ1) is 13.1. The summed E-state index contributed by atoms with van der Waals surface area (Å²) in [6, 6.07) is 12.2. The van der Waals surface area contributed by atoms with Crippen molar-refractivity contribution in [1.29, 1.82) is 0 Å². The van der Waals surface area contributed by atoms with Gasteiger partial charge in [-0.3, -0.25) is 9.59 Å². The normalized spacial score (nSPS) is 15.5. The van der Waals surface area contributed by atoms with Gasteiger partial charge in [-0.2, -0.15) is 5.10 Å². The van der Waals surface area contributed by atoms with Crippen molar-refractivity contribution in [2.24, 2.45) is 5.10 Å². The lowest BCUT2D eigenvalue weighted by Crippen LogP contribution is -2.38. The van der Waals surface area contributed by atoms with Crippen molar-refractivity contribution in [3.63, 3.8) is 0 Å². The third kappa shape index (κ3) is 3.73. The van der Waals surface area contributed by atoms with Crippen LogP contribution in [0.3, 0.4) is 0 Å². The number of nitrogens with one attached hydrogen (secondary N) is 1. The predicted molar refractivity (Wildman–Crippen MR) is 100 cm³/mol. The van der Waals surface area contributed by atoms with Crippen molar-refractivity contribution in [2.75, 3.05) is 11.8 Å². The van der Waals surface area contributed by atoms with Gasteiger partial charge in [-0.15, -0.1) is 0 Å². The number of carbonyl (C=O) groups excluding carboxylic acids is 2. The maximum Gasteiger partial charge on any atom is 0.267 e. The molecule has 0 bridgehead atoms. The van der Waals surface area contributed by atoms with Crippen LogP contribution in [0.5, 0.6) is 11.5 Å². The molecule has 2 amide bonds. The average Bonchev–Trinajstić information content (AvgIpc) is 3.15. The van der Waals surface area contributed by atoms with Crippen LogP contribution >= 0.6 is 11.6 Å². The summed E-state index contributed by atoms with van der Waals surface area (Å²) < 4.78 is 10.6. The third-order valence-electron chi connectivity index (χ3n) is 4.26. The number of rotatable bonds is 4. The van der Waals surface area contributed by atoms with Gasteiger partial charge in [0.2, 0.25) is 12.7 Å². The molecule has 0 fully saturated rings. The molecule has 0 aliphatic carbocycles. The molecule has 2 aromatic carbocycles. The topological polar surface area (TPSA) is 80.2 Å². The zero-order chi connectivity index (χ0) is 18.8. The molecular formula is C19H16ClN3O4. The summed E-state index contributed by atoms with van der Waals surface area (Å²) in [5, 5.41) is 8.87. The number of fused-ring (bicyclic) bond motifs is 1. The molecule has 7 nitrogen and oxygen atoms in total. The molecule has 0 unspecified atom stereocenters. The molecule has 8 heteroatoms. The smallest absolute Gasteiger partial charge is 0.267 e. The number of ether oxygens (including phenoxy) is 2. The van der Waals surface area contributed by atoms with E-state index in [-0.39, 0.29) is 25.0 Å². The van der Waals surface area contributed by atoms with Crippen molar-refractivity contribution in [3.8, 4) is 11.5 Å². The van der Waals surface area contributed by atoms with Crippen molar-refractivity contribution >= 4 is 34.8 Å². The fourth-order valence-electron chi connectivity index (χ4n) is 2.84. The Morgan fingerprint density at radius 1 is 1.11 bits per heavy atom. The fraction of sp³-hybridized carbons (Fsp3) is 0.211. The average molecular weight is 386 g/mol. The standard InChI is InChI=1S/C19H16ClN3O4/c20-13-2-4-14(5-3-13)23-18(24)8-6-15(22-23)19(25)21-10-12-1-7-16-17(9-12)27-11-26-16/h1-5,7,9H,6,8,10-11H2,(H,21,25). The van der Waals surface area contributed by atoms with Crippen molar-refractivity contribution < 1.29 is 19.1 Å². The summed E-state index contributed by atoms with van der Waals surface area (Å²) >= 11 is 5.88. The molecule has 0 aromatic heterocycles. The Hall–Kier alpha value is -3.06. The number of halogens is 1. The van der Waals surface area contributed by atoms with Crippen LogP contribution in [-0.4, -0.2) is 24.3 Å². The maximum atomic E-state index is 12.5. The molecule has 138 valence electrons. The molecule has 2 aliphatic rings. The minimum Gasteiger partial charge on any atom is -0.454 e. The lowest BCUT2D eigenvalue weighted by atomic mass is 10.1. The monoisotopic (exact) mass is 385 g/mol. The quantitative estimate of drug-likeness (QED) is 0.877. The van der Waals surface area contributed by atoms with Gasteiger partial charge >= 0.3 is 0 Å². The van der Waals surface area contributed by atoms with Crippen molar-refractivity contribution in [2.45, 2.75) is 19.4 Å². The Labute approximate surface area is 160 Å². The van der Waals surface area contributed by atoms with Gasteiger partial charge in [-0.05, 0) is 42.0 Å². The van der Waals surface area contributed by atoms with E-state index < -0.39 is 0 Å². The third-order valence-corrected chi connectivity index (χ3v) is 4.51. The SMILES string of the molecule is O=C(NCc1ccc2c(c1)OCO2)C1=NN(c2ccc(Cl)cc2)C(=O)CC1. The number of carbonyl (C=O) groups is 2. The largest absolute Gasteiger partial charge is 0.454 e. The fourth-order valence-corrected chi connectivity index (χ4v) is 2.96. The highest BCUT2D eigenvalue weighted by Gasteiger charge is 2.25. The molecule has 4 rings (SSSR count). The highest BCUT2D eigenvalue weighted by Crippen LogP contribution is 2.32. The van der Waals surface area contributed by atoms with Gasteiger partial charge < -0.3 is 14.8 Å². The van der Waals surface area contributed by atoms with Gasteiger partial charge in [0.25, 0.3) is 5.91 Å². The summed E-state index contributed by atoms with van der Waals surface area (Å²) in [6.07, 6.45) is 0.523. The first kappa shape index (κ1) is 17.4. The number of hydrogen-bond acceptors (Lipinski definition) is 5. The summed E-state index contributed by atoms with van der Waals surface area (Å²) in [6.45, 7) is 0.528. The number of hydrazone groups is 1. The van der Waals surface area contributed by atoms with E-state index in [0.29, 0.717) is 40.9 Å². The molecule has 2 heterocycles. The molecule has 0 saturated heterocycles. The second kappa shape index (κ2) is 7.28. The Balaban J connectivity index is 1.45. The van der Waals surface area contributed by atoms with Crippen LogP contribution in [0.25, 0.3) is 0 Å². The van der Waals surface area contributed by atoms with Crippen LogP contribution < -0.4 is 19.8 Å². The number of amides is 2. The maximum absolute atomic E-state index is 12.5. The summed E-state index contributed by atoms with van der Waals surface area (Å²) in [7, 11) is 0. The Morgan fingerprint density at radius 3 is 2.70 bits per heavy atom. The number of nitrogens with zero attached hydrogens (tertiary/aromatic N) is 2. The summed E-state index contributed by atoms with van der Waals surface area (Å²) in [5.74, 6) is 0.888. The van der Waals surface area contributed by atoms with Gasteiger partial charge in [0.05, 0.1) is 5.69 Å². The van der Waals surface area contributed by atoms with Gasteiger partial charge in [-0.25, -0.2) is 5.01 Å². The van der Waals surface area contributed by atoms with Crippen LogP contribution in [0, 0.1) is 0 Å². The summed E-state index contributed by atoms with van der Waals surface area (Å²) in [4.78, 5) is 24.6. The van der Waals surface area contributed by atoms with Crippen LogP contribution in [0.1, 0.15) is 18.4 Å². The molecule has 2 aliphatic heterocycles. The molecular weight excluding hydrogens is 370 g/mol. The highest BCUT2D eigenvalue weighted by atomic mass is 35.5. The molecule has 27 heavy (non-hydrogen) atoms. The van der Waals surface area contributed by atoms with Gasteiger partial charge in [-0.1, -0.05) is 17.7 Å². The first-order valence-corrected chi connectivity index (χ1v) is 8.81. The van der Waals surface area contributed by atoms with Crippen LogP contribution in [0.15, 0.2) is 47.6 Å². The number of anilines is 1. The number of hydrogen-bond donors (Lipinski definition) is 1. The molecule has 1 N–H and O–H groups in total. The second-order valence-electron chi connectivity index (χ2n) is 6.10. The van der Waals surface area contributed by atoms with E-state index >= 15 is 0 Å². The van der Waals surface area contributed by atoms with E-state index in [1.807, 2.05) is 18.2 Å². The highest BCUT2D eigenvalue weighted by molar-refractivity contribution is 6.40. The Morgan fingerprint density at radius 2 is 1.89 bits per heavy atom. The Bertz CT molecular complexity index is 927. The van der Waals surface area contributed by atoms with E-state index in [0.717, 1.165) is 5.56 Å². The molecule has 2 aromatic rings. The minimum absolute atomic E-state index is 0.162. The van der Waals surface area contributed by atoms with Crippen molar-refractivity contribution in [1.82, 2.24) is 5.32 Å². The lowest BCUT2D eigenvalue weighted by molar-refractivity contribution is -0.119. The number of benzene rings is 2. The van der Waals surface area contributed by atoms with Crippen LogP contribution in [0.2, 0.25) is 5.02 Å². The van der Waals surface area contributed by atoms with E-state index in [1.54, 1.807) is 24.3 Å². The van der Waals surface area contributed by atoms with Gasteiger partial charge in [0.15, 0.2) is 11.5 Å². The molecule has 0 radical (unpaired) electrons. The van der Waals surface area contributed by atoms with Gasteiger partial charge in [0, 0.05) is 24.4 Å². The second-order valence-corrected chi connectivity index (χ2v) is 6.54. The molecule has 0 atom stereocenters.